The topological polar surface area (TPSA) is 29.5 Å². The molecular formula is C15H21NO2. The van der Waals surface area contributed by atoms with Crippen molar-refractivity contribution in [2.75, 3.05) is 13.2 Å². The number of aryl methyl sites for hydroxylation is 1. The van der Waals surface area contributed by atoms with Gasteiger partial charge in [-0.1, -0.05) is 18.2 Å². The van der Waals surface area contributed by atoms with E-state index < -0.39 is 0 Å². The van der Waals surface area contributed by atoms with E-state index in [1.807, 2.05) is 43.0 Å². The average molecular weight is 247 g/mol. The van der Waals surface area contributed by atoms with Crippen molar-refractivity contribution in [2.45, 2.75) is 39.3 Å². The van der Waals surface area contributed by atoms with Crippen molar-refractivity contribution in [1.82, 2.24) is 4.90 Å². The second-order valence-electron chi connectivity index (χ2n) is 5.66. The van der Waals surface area contributed by atoms with Gasteiger partial charge in [0.05, 0.1) is 18.2 Å². The van der Waals surface area contributed by atoms with Gasteiger partial charge in [0.1, 0.15) is 0 Å². The van der Waals surface area contributed by atoms with Gasteiger partial charge >= 0.3 is 0 Å². The Hall–Kier alpha value is -1.35. The number of benzene rings is 1. The molecule has 1 aromatic carbocycles. The third-order valence-electron chi connectivity index (χ3n) is 3.51. The van der Waals surface area contributed by atoms with Gasteiger partial charge in [0.2, 0.25) is 0 Å². The van der Waals surface area contributed by atoms with Crippen LogP contribution in [-0.2, 0) is 4.74 Å². The molecule has 2 rings (SSSR count). The first-order valence-corrected chi connectivity index (χ1v) is 6.41. The summed E-state index contributed by atoms with van der Waals surface area (Å²) in [6, 6.07) is 7.74. The van der Waals surface area contributed by atoms with Crippen molar-refractivity contribution >= 4 is 5.91 Å². The van der Waals surface area contributed by atoms with Crippen LogP contribution in [0.2, 0.25) is 0 Å². The largest absolute Gasteiger partial charge is 0.374 e. The molecule has 98 valence electrons. The van der Waals surface area contributed by atoms with Crippen LogP contribution in [0.1, 0.15) is 36.7 Å². The minimum Gasteiger partial charge on any atom is -0.374 e. The molecule has 1 atom stereocenters. The van der Waals surface area contributed by atoms with Crippen LogP contribution in [0.3, 0.4) is 0 Å². The fraction of sp³-hybridized carbons (Fsp3) is 0.533. The molecule has 1 aliphatic rings. The number of hydrogen-bond acceptors (Lipinski definition) is 2. The molecule has 1 amide bonds. The highest BCUT2D eigenvalue weighted by molar-refractivity contribution is 5.96. The SMILES string of the molecule is Cc1ccccc1C(=O)N1C[C@@H](C)OCC1(C)C. The molecule has 0 saturated carbocycles. The summed E-state index contributed by atoms with van der Waals surface area (Å²) in [4.78, 5) is 14.6. The van der Waals surface area contributed by atoms with Crippen molar-refractivity contribution in [1.29, 1.82) is 0 Å². The second-order valence-corrected chi connectivity index (χ2v) is 5.66. The van der Waals surface area contributed by atoms with Gasteiger partial charge in [-0.2, -0.15) is 0 Å². The van der Waals surface area contributed by atoms with Gasteiger partial charge in [-0.3, -0.25) is 4.79 Å². The summed E-state index contributed by atoms with van der Waals surface area (Å²) < 4.78 is 5.65. The molecule has 0 unspecified atom stereocenters. The van der Waals surface area contributed by atoms with Crippen LogP contribution in [0, 0.1) is 6.92 Å². The monoisotopic (exact) mass is 247 g/mol. The van der Waals surface area contributed by atoms with Crippen LogP contribution in [0.25, 0.3) is 0 Å². The molecule has 0 N–H and O–H groups in total. The number of rotatable bonds is 1. The fourth-order valence-corrected chi connectivity index (χ4v) is 2.30. The van der Waals surface area contributed by atoms with E-state index in [9.17, 15) is 4.79 Å². The molecule has 0 radical (unpaired) electrons. The first kappa shape index (κ1) is 13.1. The maximum Gasteiger partial charge on any atom is 0.254 e. The Labute approximate surface area is 109 Å². The molecule has 1 saturated heterocycles. The molecule has 0 aromatic heterocycles. The number of morpholine rings is 1. The normalized spacial score (nSPS) is 22.9. The predicted molar refractivity (Wildman–Crippen MR) is 71.7 cm³/mol. The van der Waals surface area contributed by atoms with Crippen molar-refractivity contribution in [3.63, 3.8) is 0 Å². The van der Waals surface area contributed by atoms with Gasteiger partial charge in [0.25, 0.3) is 5.91 Å². The minimum absolute atomic E-state index is 0.103. The molecule has 0 aliphatic carbocycles. The lowest BCUT2D eigenvalue weighted by molar-refractivity contribution is -0.0756. The summed E-state index contributed by atoms with van der Waals surface area (Å²) >= 11 is 0. The van der Waals surface area contributed by atoms with Crippen LogP contribution >= 0.6 is 0 Å². The van der Waals surface area contributed by atoms with Crippen LogP contribution in [0.4, 0.5) is 0 Å². The Morgan fingerprint density at radius 2 is 2.06 bits per heavy atom. The smallest absolute Gasteiger partial charge is 0.254 e. The maximum absolute atomic E-state index is 12.7. The molecule has 3 nitrogen and oxygen atoms in total. The predicted octanol–water partition coefficient (Wildman–Crippen LogP) is 2.63. The number of carbonyl (C=O) groups is 1. The number of ether oxygens (including phenoxy) is 1. The van der Waals surface area contributed by atoms with E-state index in [0.29, 0.717) is 13.2 Å². The van der Waals surface area contributed by atoms with Crippen molar-refractivity contribution in [3.8, 4) is 0 Å². The summed E-state index contributed by atoms with van der Waals surface area (Å²) in [5.74, 6) is 0.105. The quantitative estimate of drug-likeness (QED) is 0.763. The molecule has 0 bridgehead atoms. The van der Waals surface area contributed by atoms with Crippen LogP contribution in [0.5, 0.6) is 0 Å². The Kier molecular flexibility index (Phi) is 3.44. The van der Waals surface area contributed by atoms with E-state index in [2.05, 4.69) is 13.8 Å². The third kappa shape index (κ3) is 2.41. The fourth-order valence-electron chi connectivity index (χ4n) is 2.30. The Morgan fingerprint density at radius 1 is 1.39 bits per heavy atom. The van der Waals surface area contributed by atoms with Gasteiger partial charge in [0, 0.05) is 12.1 Å². The van der Waals surface area contributed by atoms with E-state index in [1.54, 1.807) is 0 Å². The molecule has 3 heteroatoms. The summed E-state index contributed by atoms with van der Waals surface area (Å²) in [6.45, 7) is 9.33. The first-order chi connectivity index (χ1) is 8.42. The van der Waals surface area contributed by atoms with E-state index >= 15 is 0 Å². The molecule has 1 aliphatic heterocycles. The number of hydrogen-bond donors (Lipinski definition) is 0. The van der Waals surface area contributed by atoms with E-state index in [0.717, 1.165) is 11.1 Å². The molecular weight excluding hydrogens is 226 g/mol. The lowest BCUT2D eigenvalue weighted by Crippen LogP contribution is -2.57. The number of nitrogens with zero attached hydrogens (tertiary/aromatic N) is 1. The second kappa shape index (κ2) is 4.73. The van der Waals surface area contributed by atoms with Crippen LogP contribution in [0.15, 0.2) is 24.3 Å². The van der Waals surface area contributed by atoms with Crippen molar-refractivity contribution in [2.24, 2.45) is 0 Å². The zero-order valence-corrected chi connectivity index (χ0v) is 11.6. The third-order valence-corrected chi connectivity index (χ3v) is 3.51. The molecule has 0 spiro atoms. The number of carbonyl (C=O) groups excluding carboxylic acids is 1. The summed E-state index contributed by atoms with van der Waals surface area (Å²) in [5.41, 5.74) is 1.57. The summed E-state index contributed by atoms with van der Waals surface area (Å²) in [7, 11) is 0. The molecule has 1 aromatic rings. The average Bonchev–Trinajstić information content (AvgIpc) is 2.32. The van der Waals surface area contributed by atoms with Gasteiger partial charge in [0.15, 0.2) is 0 Å². The Morgan fingerprint density at radius 3 is 2.72 bits per heavy atom. The standard InChI is InChI=1S/C15H21NO2/c1-11-7-5-6-8-13(11)14(17)16-9-12(2)18-10-15(16,3)4/h5-8,12H,9-10H2,1-4H3/t12-/m1/s1. The van der Waals surface area contributed by atoms with E-state index in [4.69, 9.17) is 4.74 Å². The summed E-state index contributed by atoms with van der Waals surface area (Å²) in [6.07, 6.45) is 0.103. The van der Waals surface area contributed by atoms with E-state index in [1.165, 1.54) is 0 Å². The maximum atomic E-state index is 12.7. The highest BCUT2D eigenvalue weighted by Crippen LogP contribution is 2.25. The lowest BCUT2D eigenvalue weighted by Gasteiger charge is -2.44. The number of amides is 1. The molecule has 1 heterocycles. The summed E-state index contributed by atoms with van der Waals surface area (Å²) in [5, 5.41) is 0. The zero-order chi connectivity index (χ0) is 13.3. The van der Waals surface area contributed by atoms with Gasteiger partial charge < -0.3 is 9.64 Å². The van der Waals surface area contributed by atoms with Crippen LogP contribution in [-0.4, -0.2) is 35.6 Å². The van der Waals surface area contributed by atoms with Crippen LogP contribution < -0.4 is 0 Å². The highest BCUT2D eigenvalue weighted by atomic mass is 16.5. The van der Waals surface area contributed by atoms with Gasteiger partial charge in [-0.05, 0) is 39.3 Å². The Bertz CT molecular complexity index is 454. The highest BCUT2D eigenvalue weighted by Gasteiger charge is 2.37. The van der Waals surface area contributed by atoms with E-state index in [-0.39, 0.29) is 17.6 Å². The molecule has 18 heavy (non-hydrogen) atoms. The van der Waals surface area contributed by atoms with Gasteiger partial charge in [-0.15, -0.1) is 0 Å². The zero-order valence-electron chi connectivity index (χ0n) is 11.6. The minimum atomic E-state index is -0.244. The molecule has 1 fully saturated rings. The van der Waals surface area contributed by atoms with Gasteiger partial charge in [-0.25, -0.2) is 0 Å². The lowest BCUT2D eigenvalue weighted by atomic mass is 9.98. The van der Waals surface area contributed by atoms with Crippen molar-refractivity contribution in [3.05, 3.63) is 35.4 Å². The first-order valence-electron chi connectivity index (χ1n) is 6.41. The Balaban J connectivity index is 2.30. The van der Waals surface area contributed by atoms with Crippen molar-refractivity contribution < 1.29 is 9.53 Å².